The van der Waals surface area contributed by atoms with Crippen LogP contribution in [0.1, 0.15) is 44.3 Å². The molecule has 2 N–H and O–H groups in total. The Morgan fingerprint density at radius 3 is 2.10 bits per heavy atom. The molecule has 0 fully saturated rings. The van der Waals surface area contributed by atoms with Gasteiger partial charge in [0.25, 0.3) is 0 Å². The Morgan fingerprint density at radius 2 is 1.41 bits per heavy atom. The molecule has 0 heterocycles. The molecule has 1 amide bonds. The molecule has 0 spiro atoms. The van der Waals surface area contributed by atoms with E-state index in [4.69, 9.17) is 0 Å². The van der Waals surface area contributed by atoms with Crippen molar-refractivity contribution in [3.63, 3.8) is 0 Å². The Bertz CT molecular complexity index is 1150. The maximum atomic E-state index is 12.8. The average molecular weight is 384 g/mol. The van der Waals surface area contributed by atoms with Crippen LogP contribution in [0, 0.1) is 6.92 Å². The van der Waals surface area contributed by atoms with Crippen LogP contribution in [0.2, 0.25) is 0 Å². The van der Waals surface area contributed by atoms with Crippen LogP contribution in [-0.2, 0) is 4.79 Å². The Balaban J connectivity index is 1.54. The Labute approximate surface area is 168 Å². The molecule has 1 aliphatic rings. The predicted molar refractivity (Wildman–Crippen MR) is 113 cm³/mol. The SMILES string of the molecule is Cc1cccc(N[C@@H](C)C(=O)Nc2ccc3c(c2)C(=O)c2ccccc2C3=O)c1. The fraction of sp³-hybridized carbons (Fsp3) is 0.125. The van der Waals surface area contributed by atoms with Gasteiger partial charge in [0.1, 0.15) is 6.04 Å². The summed E-state index contributed by atoms with van der Waals surface area (Å²) in [5, 5.41) is 5.98. The summed E-state index contributed by atoms with van der Waals surface area (Å²) in [6.45, 7) is 3.75. The third-order valence-corrected chi connectivity index (χ3v) is 4.99. The van der Waals surface area contributed by atoms with Crippen molar-refractivity contribution in [1.82, 2.24) is 0 Å². The van der Waals surface area contributed by atoms with Crippen molar-refractivity contribution in [1.29, 1.82) is 0 Å². The summed E-state index contributed by atoms with van der Waals surface area (Å²) in [6.07, 6.45) is 0. The summed E-state index contributed by atoms with van der Waals surface area (Å²) in [4.78, 5) is 38.1. The summed E-state index contributed by atoms with van der Waals surface area (Å²) in [5.74, 6) is -0.624. The minimum Gasteiger partial charge on any atom is -0.374 e. The Hall–Kier alpha value is -3.73. The van der Waals surface area contributed by atoms with Gasteiger partial charge in [0.05, 0.1) is 0 Å². The maximum absolute atomic E-state index is 12.8. The highest BCUT2D eigenvalue weighted by Gasteiger charge is 2.29. The first-order chi connectivity index (χ1) is 13.9. The number of carbonyl (C=O) groups excluding carboxylic acids is 3. The van der Waals surface area contributed by atoms with Gasteiger partial charge in [0.15, 0.2) is 11.6 Å². The molecule has 5 heteroatoms. The van der Waals surface area contributed by atoms with Crippen molar-refractivity contribution >= 4 is 28.8 Å². The molecular formula is C24H20N2O3. The second kappa shape index (κ2) is 7.36. The highest BCUT2D eigenvalue weighted by Crippen LogP contribution is 2.29. The fourth-order valence-corrected chi connectivity index (χ4v) is 3.48. The topological polar surface area (TPSA) is 75.3 Å². The van der Waals surface area contributed by atoms with Crippen molar-refractivity contribution in [2.45, 2.75) is 19.9 Å². The summed E-state index contributed by atoms with van der Waals surface area (Å²) in [5.41, 5.74) is 3.91. The quantitative estimate of drug-likeness (QED) is 0.553. The second-order valence-electron chi connectivity index (χ2n) is 7.19. The maximum Gasteiger partial charge on any atom is 0.246 e. The van der Waals surface area contributed by atoms with E-state index in [2.05, 4.69) is 10.6 Å². The molecule has 0 bridgehead atoms. The number of rotatable bonds is 4. The van der Waals surface area contributed by atoms with E-state index in [1.165, 1.54) is 0 Å². The molecule has 5 nitrogen and oxygen atoms in total. The molecule has 0 saturated heterocycles. The van der Waals surface area contributed by atoms with Crippen molar-refractivity contribution in [2.24, 2.45) is 0 Å². The van der Waals surface area contributed by atoms with Gasteiger partial charge in [-0.05, 0) is 49.7 Å². The number of aryl methyl sites for hydroxylation is 1. The zero-order chi connectivity index (χ0) is 20.5. The van der Waals surface area contributed by atoms with Gasteiger partial charge in [0.2, 0.25) is 5.91 Å². The van der Waals surface area contributed by atoms with Gasteiger partial charge >= 0.3 is 0 Å². The molecule has 1 atom stereocenters. The average Bonchev–Trinajstić information content (AvgIpc) is 2.72. The van der Waals surface area contributed by atoms with Crippen molar-refractivity contribution in [3.8, 4) is 0 Å². The number of anilines is 2. The van der Waals surface area contributed by atoms with Crippen LogP contribution in [0.5, 0.6) is 0 Å². The van der Waals surface area contributed by atoms with Crippen LogP contribution in [0.15, 0.2) is 66.7 Å². The van der Waals surface area contributed by atoms with E-state index in [0.717, 1.165) is 11.3 Å². The van der Waals surface area contributed by atoms with Crippen LogP contribution in [0.25, 0.3) is 0 Å². The number of amides is 1. The summed E-state index contributed by atoms with van der Waals surface area (Å²) in [7, 11) is 0. The lowest BCUT2D eigenvalue weighted by molar-refractivity contribution is -0.116. The van der Waals surface area contributed by atoms with E-state index < -0.39 is 6.04 Å². The zero-order valence-corrected chi connectivity index (χ0v) is 16.2. The molecule has 0 aliphatic heterocycles. The standard InChI is InChI=1S/C24H20N2O3/c1-14-6-5-7-16(12-14)25-15(2)24(29)26-17-10-11-20-21(13-17)23(28)19-9-4-3-8-18(19)22(20)27/h3-13,15,25H,1-2H3,(H,26,29)/t15-/m0/s1. The van der Waals surface area contributed by atoms with Crippen LogP contribution in [-0.4, -0.2) is 23.5 Å². The fourth-order valence-electron chi connectivity index (χ4n) is 3.48. The molecule has 0 aromatic heterocycles. The van der Waals surface area contributed by atoms with Crippen LogP contribution in [0.4, 0.5) is 11.4 Å². The van der Waals surface area contributed by atoms with Crippen molar-refractivity contribution in [3.05, 3.63) is 94.5 Å². The summed E-state index contributed by atoms with van der Waals surface area (Å²) < 4.78 is 0. The van der Waals surface area contributed by atoms with Gasteiger partial charge in [-0.1, -0.05) is 36.4 Å². The lowest BCUT2D eigenvalue weighted by Crippen LogP contribution is -2.32. The normalized spacial score (nSPS) is 13.3. The highest BCUT2D eigenvalue weighted by molar-refractivity contribution is 6.28. The highest BCUT2D eigenvalue weighted by atomic mass is 16.2. The first kappa shape index (κ1) is 18.6. The molecule has 0 saturated carbocycles. The summed E-state index contributed by atoms with van der Waals surface area (Å²) in [6, 6.07) is 18.9. The lowest BCUT2D eigenvalue weighted by atomic mass is 9.84. The van der Waals surface area contributed by atoms with E-state index in [-0.39, 0.29) is 17.5 Å². The van der Waals surface area contributed by atoms with Crippen molar-refractivity contribution < 1.29 is 14.4 Å². The number of benzene rings is 3. The Kier molecular flexibility index (Phi) is 4.72. The summed E-state index contributed by atoms with van der Waals surface area (Å²) >= 11 is 0. The minimum absolute atomic E-state index is 0.178. The smallest absolute Gasteiger partial charge is 0.246 e. The Morgan fingerprint density at radius 1 is 0.759 bits per heavy atom. The van der Waals surface area contributed by atoms with Gasteiger partial charge in [0, 0.05) is 33.6 Å². The van der Waals surface area contributed by atoms with Crippen LogP contribution < -0.4 is 10.6 Å². The minimum atomic E-state index is -0.481. The third-order valence-electron chi connectivity index (χ3n) is 4.99. The predicted octanol–water partition coefficient (Wildman–Crippen LogP) is 4.21. The monoisotopic (exact) mass is 384 g/mol. The van der Waals surface area contributed by atoms with Crippen LogP contribution in [0.3, 0.4) is 0 Å². The number of ketones is 2. The zero-order valence-electron chi connectivity index (χ0n) is 16.2. The molecule has 144 valence electrons. The molecule has 1 aliphatic carbocycles. The van der Waals surface area contributed by atoms with Gasteiger partial charge in [-0.15, -0.1) is 0 Å². The number of hydrogen-bond donors (Lipinski definition) is 2. The van der Waals surface area contributed by atoms with Crippen molar-refractivity contribution in [2.75, 3.05) is 10.6 Å². The first-order valence-electron chi connectivity index (χ1n) is 9.40. The first-order valence-corrected chi connectivity index (χ1v) is 9.40. The van der Waals surface area contributed by atoms with E-state index in [9.17, 15) is 14.4 Å². The largest absolute Gasteiger partial charge is 0.374 e. The number of nitrogens with one attached hydrogen (secondary N) is 2. The van der Waals surface area contributed by atoms with Gasteiger partial charge in [-0.3, -0.25) is 14.4 Å². The van der Waals surface area contributed by atoms with Gasteiger partial charge < -0.3 is 10.6 Å². The lowest BCUT2D eigenvalue weighted by Gasteiger charge is -2.19. The van der Waals surface area contributed by atoms with E-state index in [1.54, 1.807) is 49.4 Å². The second-order valence-corrected chi connectivity index (χ2v) is 7.19. The van der Waals surface area contributed by atoms with Gasteiger partial charge in [-0.25, -0.2) is 0 Å². The molecule has 3 aromatic rings. The molecular weight excluding hydrogens is 364 g/mol. The third kappa shape index (κ3) is 3.55. The van der Waals surface area contributed by atoms with E-state index >= 15 is 0 Å². The molecule has 4 rings (SSSR count). The van der Waals surface area contributed by atoms with E-state index in [0.29, 0.717) is 27.9 Å². The number of fused-ring (bicyclic) bond motifs is 2. The molecule has 3 aromatic carbocycles. The molecule has 0 radical (unpaired) electrons. The van der Waals surface area contributed by atoms with Crippen LogP contribution >= 0.6 is 0 Å². The molecule has 0 unspecified atom stereocenters. The van der Waals surface area contributed by atoms with Gasteiger partial charge in [-0.2, -0.15) is 0 Å². The molecule has 29 heavy (non-hydrogen) atoms. The van der Waals surface area contributed by atoms with E-state index in [1.807, 2.05) is 31.2 Å². The number of hydrogen-bond acceptors (Lipinski definition) is 4. The number of carbonyl (C=O) groups is 3.